The Balaban J connectivity index is 1.71. The van der Waals surface area contributed by atoms with Gasteiger partial charge >= 0.3 is 12.0 Å². The number of nitrogens with one attached hydrogen (secondary N) is 1. The fraction of sp³-hybridized carbons (Fsp3) is 0.0769. The van der Waals surface area contributed by atoms with E-state index in [1.54, 1.807) is 36.4 Å². The Morgan fingerprint density at radius 3 is 2.43 bits per heavy atom. The van der Waals surface area contributed by atoms with Gasteiger partial charge in [-0.15, -0.1) is 0 Å². The molecule has 4 amide bonds. The largest absolute Gasteiger partial charge is 0.465 e. The van der Waals surface area contributed by atoms with E-state index in [2.05, 4.69) is 10.1 Å². The van der Waals surface area contributed by atoms with Gasteiger partial charge in [-0.25, -0.2) is 18.9 Å². The number of nitrogens with zero attached hydrogens (tertiary/aromatic N) is 1. The zero-order valence-corrected chi connectivity index (χ0v) is 19.1. The summed E-state index contributed by atoms with van der Waals surface area (Å²) in [7, 11) is 1.23. The molecule has 3 aromatic carbocycles. The molecule has 0 saturated carbocycles. The van der Waals surface area contributed by atoms with Crippen molar-refractivity contribution >= 4 is 47.2 Å². The van der Waals surface area contributed by atoms with E-state index in [1.165, 1.54) is 43.5 Å². The number of carbonyl (C=O) groups excluding carboxylic acids is 4. The molecule has 0 aliphatic carbocycles. The second-order valence-corrected chi connectivity index (χ2v) is 8.04. The molecule has 1 aliphatic rings. The van der Waals surface area contributed by atoms with Gasteiger partial charge in [-0.05, 0) is 65.2 Å². The molecule has 0 atom stereocenters. The standard InChI is InChI=1S/C26H18ClFN2O5/c1-35-25(33)15-7-10-20(11-8-15)30-24(32)21(23(31)29-26(30)34)14-18-13-19(27)9-6-16(18)12-17-4-2-3-5-22(17)28/h2-11,13-14H,12H2,1H3,(H,29,31,34)/b21-14+. The number of urea groups is 1. The van der Waals surface area contributed by atoms with Crippen molar-refractivity contribution in [2.75, 3.05) is 12.0 Å². The molecule has 1 N–H and O–H groups in total. The highest BCUT2D eigenvalue weighted by atomic mass is 35.5. The zero-order chi connectivity index (χ0) is 25.1. The van der Waals surface area contributed by atoms with Gasteiger partial charge in [-0.3, -0.25) is 14.9 Å². The first-order chi connectivity index (χ1) is 16.8. The van der Waals surface area contributed by atoms with Crippen LogP contribution >= 0.6 is 11.6 Å². The average molecular weight is 493 g/mol. The predicted molar refractivity (Wildman–Crippen MR) is 127 cm³/mol. The first-order valence-electron chi connectivity index (χ1n) is 10.4. The van der Waals surface area contributed by atoms with Gasteiger partial charge in [0.15, 0.2) is 0 Å². The zero-order valence-electron chi connectivity index (χ0n) is 18.4. The maximum Gasteiger partial charge on any atom is 0.337 e. The number of esters is 1. The van der Waals surface area contributed by atoms with Gasteiger partial charge in [0.1, 0.15) is 11.4 Å². The van der Waals surface area contributed by atoms with Crippen LogP contribution in [0.5, 0.6) is 0 Å². The molecule has 35 heavy (non-hydrogen) atoms. The number of imide groups is 2. The number of rotatable bonds is 5. The Morgan fingerprint density at radius 1 is 1.03 bits per heavy atom. The summed E-state index contributed by atoms with van der Waals surface area (Å²) in [6, 6.07) is 15.8. The van der Waals surface area contributed by atoms with E-state index in [0.717, 1.165) is 4.90 Å². The van der Waals surface area contributed by atoms with Gasteiger partial charge in [0.25, 0.3) is 11.8 Å². The SMILES string of the molecule is COC(=O)c1ccc(N2C(=O)NC(=O)/C(=C\c3cc(Cl)ccc3Cc3ccccc3F)C2=O)cc1. The third-order valence-electron chi connectivity index (χ3n) is 5.39. The van der Waals surface area contributed by atoms with Crippen LogP contribution < -0.4 is 10.2 Å². The fourth-order valence-corrected chi connectivity index (χ4v) is 3.80. The smallest absolute Gasteiger partial charge is 0.337 e. The molecule has 176 valence electrons. The third-order valence-corrected chi connectivity index (χ3v) is 5.63. The molecule has 1 saturated heterocycles. The molecule has 4 rings (SSSR count). The summed E-state index contributed by atoms with van der Waals surface area (Å²) >= 11 is 6.15. The van der Waals surface area contributed by atoms with Crippen LogP contribution in [-0.2, 0) is 20.7 Å². The number of hydrogen-bond acceptors (Lipinski definition) is 5. The van der Waals surface area contributed by atoms with Gasteiger partial charge in [0, 0.05) is 11.4 Å². The molecule has 0 bridgehead atoms. The molecular weight excluding hydrogens is 475 g/mol. The third kappa shape index (κ3) is 4.97. The van der Waals surface area contributed by atoms with Crippen LogP contribution in [0.25, 0.3) is 6.08 Å². The topological polar surface area (TPSA) is 92.8 Å². The van der Waals surface area contributed by atoms with Gasteiger partial charge in [-0.2, -0.15) is 0 Å². The summed E-state index contributed by atoms with van der Waals surface area (Å²) in [5.74, 6) is -2.70. The van der Waals surface area contributed by atoms with Crippen LogP contribution in [0.2, 0.25) is 5.02 Å². The van der Waals surface area contributed by atoms with Crippen molar-refractivity contribution in [2.45, 2.75) is 6.42 Å². The molecule has 3 aromatic rings. The maximum atomic E-state index is 14.2. The van der Waals surface area contributed by atoms with E-state index in [-0.39, 0.29) is 29.1 Å². The lowest BCUT2D eigenvalue weighted by Gasteiger charge is -2.26. The number of anilines is 1. The number of carbonyl (C=O) groups is 4. The minimum atomic E-state index is -0.930. The van der Waals surface area contributed by atoms with E-state index in [4.69, 9.17) is 11.6 Å². The van der Waals surface area contributed by atoms with Gasteiger partial charge in [0.05, 0.1) is 18.4 Å². The Morgan fingerprint density at radius 2 is 1.74 bits per heavy atom. The van der Waals surface area contributed by atoms with Crippen molar-refractivity contribution in [3.8, 4) is 0 Å². The number of methoxy groups -OCH3 is 1. The number of benzene rings is 3. The summed E-state index contributed by atoms with van der Waals surface area (Å²) in [6.45, 7) is 0. The Kier molecular flexibility index (Phi) is 6.75. The lowest BCUT2D eigenvalue weighted by atomic mass is 9.97. The lowest BCUT2D eigenvalue weighted by Crippen LogP contribution is -2.54. The van der Waals surface area contributed by atoms with Crippen LogP contribution in [0.15, 0.2) is 72.3 Å². The molecule has 0 radical (unpaired) electrons. The highest BCUT2D eigenvalue weighted by Crippen LogP contribution is 2.26. The van der Waals surface area contributed by atoms with E-state index >= 15 is 0 Å². The van der Waals surface area contributed by atoms with Crippen LogP contribution in [0.1, 0.15) is 27.0 Å². The van der Waals surface area contributed by atoms with Crippen molar-refractivity contribution in [2.24, 2.45) is 0 Å². The van der Waals surface area contributed by atoms with Gasteiger partial charge < -0.3 is 4.74 Å². The monoisotopic (exact) mass is 492 g/mol. The number of barbiturate groups is 1. The summed E-state index contributed by atoms with van der Waals surface area (Å²) in [5, 5.41) is 2.50. The van der Waals surface area contributed by atoms with Gasteiger partial charge in [-0.1, -0.05) is 35.9 Å². The quantitative estimate of drug-likeness (QED) is 0.321. The Labute approximate surface area is 204 Å². The molecule has 1 fully saturated rings. The molecular formula is C26H18ClFN2O5. The lowest BCUT2D eigenvalue weighted by molar-refractivity contribution is -0.122. The first-order valence-corrected chi connectivity index (χ1v) is 10.8. The minimum Gasteiger partial charge on any atom is -0.465 e. The second-order valence-electron chi connectivity index (χ2n) is 7.61. The van der Waals surface area contributed by atoms with Crippen LogP contribution in [0.3, 0.4) is 0 Å². The number of amides is 4. The van der Waals surface area contributed by atoms with Crippen LogP contribution in [-0.4, -0.2) is 30.9 Å². The average Bonchev–Trinajstić information content (AvgIpc) is 2.84. The van der Waals surface area contributed by atoms with Crippen molar-refractivity contribution in [3.63, 3.8) is 0 Å². The summed E-state index contributed by atoms with van der Waals surface area (Å²) in [6.07, 6.45) is 1.51. The molecule has 0 unspecified atom stereocenters. The summed E-state index contributed by atoms with van der Waals surface area (Å²) < 4.78 is 18.9. The molecule has 1 aliphatic heterocycles. The number of ether oxygens (including phenoxy) is 1. The second kappa shape index (κ2) is 9.90. The molecule has 7 nitrogen and oxygen atoms in total. The normalized spacial score (nSPS) is 14.8. The minimum absolute atomic E-state index is 0.149. The molecule has 1 heterocycles. The van der Waals surface area contributed by atoms with Crippen LogP contribution in [0.4, 0.5) is 14.9 Å². The van der Waals surface area contributed by atoms with Crippen molar-refractivity contribution in [3.05, 3.63) is 105 Å². The summed E-state index contributed by atoms with van der Waals surface area (Å²) in [4.78, 5) is 50.7. The molecule has 9 heteroatoms. The first kappa shape index (κ1) is 23.8. The highest BCUT2D eigenvalue weighted by molar-refractivity contribution is 6.39. The van der Waals surface area contributed by atoms with Crippen molar-refractivity contribution in [1.29, 1.82) is 0 Å². The molecule has 0 aromatic heterocycles. The van der Waals surface area contributed by atoms with Crippen molar-refractivity contribution < 1.29 is 28.3 Å². The fourth-order valence-electron chi connectivity index (χ4n) is 3.62. The maximum absolute atomic E-state index is 14.2. The van der Waals surface area contributed by atoms with E-state index in [0.29, 0.717) is 21.7 Å². The number of halogens is 2. The Bertz CT molecular complexity index is 1380. The van der Waals surface area contributed by atoms with Crippen LogP contribution in [0, 0.1) is 5.82 Å². The number of hydrogen-bond donors (Lipinski definition) is 1. The highest BCUT2D eigenvalue weighted by Gasteiger charge is 2.37. The molecule has 0 spiro atoms. The van der Waals surface area contributed by atoms with E-state index < -0.39 is 23.8 Å². The summed E-state index contributed by atoms with van der Waals surface area (Å²) in [5.41, 5.74) is 1.55. The van der Waals surface area contributed by atoms with E-state index in [9.17, 15) is 23.6 Å². The predicted octanol–water partition coefficient (Wildman–Crippen LogP) is 4.52. The Hall–Kier alpha value is -4.30. The van der Waals surface area contributed by atoms with Crippen molar-refractivity contribution in [1.82, 2.24) is 5.32 Å². The van der Waals surface area contributed by atoms with Gasteiger partial charge in [0.2, 0.25) is 0 Å². The van der Waals surface area contributed by atoms with E-state index in [1.807, 2.05) is 0 Å².